The first-order valence-corrected chi connectivity index (χ1v) is 6.70. The molecule has 2 rings (SSSR count). The van der Waals surface area contributed by atoms with Crippen molar-refractivity contribution < 1.29 is 23.4 Å². The van der Waals surface area contributed by atoms with Crippen molar-refractivity contribution in [3.05, 3.63) is 12.0 Å². The molecule has 1 aromatic rings. The Bertz CT molecular complexity index is 567. The van der Waals surface area contributed by atoms with E-state index < -0.39 is 28.1 Å². The van der Waals surface area contributed by atoms with Gasteiger partial charge in [0.05, 0.1) is 12.3 Å². The topological polar surface area (TPSA) is 124 Å². The predicted octanol–water partition coefficient (Wildman–Crippen LogP) is -1.07. The van der Waals surface area contributed by atoms with Crippen LogP contribution in [0.15, 0.2) is 11.2 Å². The van der Waals surface area contributed by atoms with Gasteiger partial charge >= 0.3 is 5.97 Å². The second-order valence-electron chi connectivity index (χ2n) is 4.15. The van der Waals surface area contributed by atoms with Gasteiger partial charge in [-0.15, -0.1) is 0 Å². The molecular weight excluding hydrogens is 262 g/mol. The number of carboxylic acids is 1. The van der Waals surface area contributed by atoms with Gasteiger partial charge in [0.15, 0.2) is 5.03 Å². The second-order valence-corrected chi connectivity index (χ2v) is 6.01. The third-order valence-electron chi connectivity index (χ3n) is 2.78. The molecule has 2 atom stereocenters. The van der Waals surface area contributed by atoms with E-state index in [1.54, 1.807) is 6.92 Å². The molecule has 1 aromatic heterocycles. The first kappa shape index (κ1) is 13.0. The third kappa shape index (κ3) is 2.11. The molecule has 0 spiro atoms. The molecule has 0 bridgehead atoms. The van der Waals surface area contributed by atoms with Crippen molar-refractivity contribution in [3.8, 4) is 0 Å². The van der Waals surface area contributed by atoms with Gasteiger partial charge in [-0.2, -0.15) is 4.31 Å². The number of H-pyrrole nitrogens is 1. The monoisotopic (exact) mass is 275 g/mol. The van der Waals surface area contributed by atoms with Crippen molar-refractivity contribution in [1.29, 1.82) is 0 Å². The van der Waals surface area contributed by atoms with E-state index in [9.17, 15) is 18.3 Å². The summed E-state index contributed by atoms with van der Waals surface area (Å²) in [6, 6.07) is -1.24. The van der Waals surface area contributed by atoms with Crippen LogP contribution in [0.25, 0.3) is 0 Å². The van der Waals surface area contributed by atoms with Gasteiger partial charge in [-0.3, -0.25) is 4.79 Å². The van der Waals surface area contributed by atoms with Crippen molar-refractivity contribution in [3.63, 3.8) is 0 Å². The molecule has 8 nitrogen and oxygen atoms in total. The summed E-state index contributed by atoms with van der Waals surface area (Å²) in [5.74, 6) is -0.855. The zero-order valence-corrected chi connectivity index (χ0v) is 10.4. The van der Waals surface area contributed by atoms with E-state index in [2.05, 4.69) is 9.97 Å². The average Bonchev–Trinajstić information content (AvgIpc) is 2.84. The maximum absolute atomic E-state index is 12.2. The van der Waals surface area contributed by atoms with Gasteiger partial charge in [-0.25, -0.2) is 13.4 Å². The molecule has 100 valence electrons. The Hall–Kier alpha value is -1.45. The molecule has 0 radical (unpaired) electrons. The molecule has 2 heterocycles. The normalized spacial score (nSPS) is 25.4. The lowest BCUT2D eigenvalue weighted by Gasteiger charge is -2.19. The summed E-state index contributed by atoms with van der Waals surface area (Å²) in [7, 11) is -3.97. The Balaban J connectivity index is 2.38. The van der Waals surface area contributed by atoms with E-state index in [0.717, 1.165) is 10.5 Å². The van der Waals surface area contributed by atoms with Gasteiger partial charge < -0.3 is 15.2 Å². The number of nitrogens with one attached hydrogen (secondary N) is 1. The molecular formula is C9H13N3O5S. The second kappa shape index (κ2) is 4.34. The number of aromatic nitrogens is 2. The number of carbonyl (C=O) groups is 1. The van der Waals surface area contributed by atoms with Crippen molar-refractivity contribution in [2.45, 2.75) is 30.5 Å². The van der Waals surface area contributed by atoms with Crippen LogP contribution in [0.3, 0.4) is 0 Å². The van der Waals surface area contributed by atoms with E-state index in [4.69, 9.17) is 5.11 Å². The predicted molar refractivity (Wildman–Crippen MR) is 59.3 cm³/mol. The van der Waals surface area contributed by atoms with Crippen LogP contribution in [0.2, 0.25) is 0 Å². The number of hydrogen-bond donors (Lipinski definition) is 3. The molecule has 1 fully saturated rings. The van der Waals surface area contributed by atoms with Crippen LogP contribution < -0.4 is 0 Å². The number of hydrogen-bond acceptors (Lipinski definition) is 5. The van der Waals surface area contributed by atoms with Crippen LogP contribution in [-0.4, -0.2) is 57.6 Å². The molecule has 1 saturated heterocycles. The number of aliphatic hydroxyl groups excluding tert-OH is 1. The van der Waals surface area contributed by atoms with Gasteiger partial charge in [0.1, 0.15) is 11.9 Å². The largest absolute Gasteiger partial charge is 0.480 e. The van der Waals surface area contributed by atoms with Crippen molar-refractivity contribution in [2.24, 2.45) is 0 Å². The standard InChI is InChI=1S/C9H13N3O5S/c1-5-10-3-8(11-5)18(16,17)12-4-6(13)2-7(12)9(14)15/h3,6-7,13H,2,4H2,1H3,(H,10,11)(H,14,15)/t6?,7-/m0/s1. The lowest BCUT2D eigenvalue weighted by atomic mass is 10.2. The summed E-state index contributed by atoms with van der Waals surface area (Å²) < 4.78 is 25.2. The zero-order valence-electron chi connectivity index (χ0n) is 9.57. The zero-order chi connectivity index (χ0) is 13.5. The van der Waals surface area contributed by atoms with E-state index in [1.807, 2.05) is 0 Å². The molecule has 0 aromatic carbocycles. The number of aromatic amines is 1. The van der Waals surface area contributed by atoms with Crippen molar-refractivity contribution in [2.75, 3.05) is 6.54 Å². The number of aryl methyl sites for hydroxylation is 1. The summed E-state index contributed by atoms with van der Waals surface area (Å²) >= 11 is 0. The number of nitrogens with zero attached hydrogens (tertiary/aromatic N) is 2. The van der Waals surface area contributed by atoms with Crippen molar-refractivity contribution in [1.82, 2.24) is 14.3 Å². The Labute approximate surface area is 103 Å². The fraction of sp³-hybridized carbons (Fsp3) is 0.556. The first-order valence-electron chi connectivity index (χ1n) is 5.26. The maximum Gasteiger partial charge on any atom is 0.322 e. The highest BCUT2D eigenvalue weighted by Gasteiger charge is 2.44. The van der Waals surface area contributed by atoms with Crippen LogP contribution in [0.1, 0.15) is 12.2 Å². The molecule has 1 aliphatic rings. The number of aliphatic hydroxyl groups is 1. The lowest BCUT2D eigenvalue weighted by Crippen LogP contribution is -2.40. The minimum Gasteiger partial charge on any atom is -0.480 e. The minimum absolute atomic E-state index is 0.109. The number of aliphatic carboxylic acids is 1. The first-order chi connectivity index (χ1) is 8.32. The molecule has 0 amide bonds. The smallest absolute Gasteiger partial charge is 0.322 e. The average molecular weight is 275 g/mol. The summed E-state index contributed by atoms with van der Waals surface area (Å²) in [6.07, 6.45) is 0.0561. The third-order valence-corrected chi connectivity index (χ3v) is 4.57. The van der Waals surface area contributed by atoms with Crippen LogP contribution in [0, 0.1) is 6.92 Å². The fourth-order valence-electron chi connectivity index (χ4n) is 1.93. The molecule has 3 N–H and O–H groups in total. The summed E-state index contributed by atoms with van der Waals surface area (Å²) in [6.45, 7) is 1.36. The SMILES string of the molecule is Cc1ncc(S(=O)(=O)N2CC(O)C[C@H]2C(=O)O)[nH]1. The number of β-amino-alcohol motifs (C(OH)–C–C–N with tert-alkyl or cyclic N) is 1. The number of rotatable bonds is 3. The molecule has 0 saturated carbocycles. The fourth-order valence-corrected chi connectivity index (χ4v) is 3.52. The van der Waals surface area contributed by atoms with E-state index in [0.29, 0.717) is 5.82 Å². The van der Waals surface area contributed by atoms with E-state index in [1.165, 1.54) is 0 Å². The number of sulfonamides is 1. The maximum atomic E-state index is 12.2. The highest BCUT2D eigenvalue weighted by atomic mass is 32.2. The molecule has 18 heavy (non-hydrogen) atoms. The summed E-state index contributed by atoms with van der Waals surface area (Å²) in [5.41, 5.74) is 0. The van der Waals surface area contributed by atoms with Gasteiger partial charge in [0.25, 0.3) is 10.0 Å². The number of imidazole rings is 1. The Kier molecular flexibility index (Phi) is 3.13. The molecule has 9 heteroatoms. The van der Waals surface area contributed by atoms with Gasteiger partial charge in [-0.1, -0.05) is 0 Å². The highest BCUT2D eigenvalue weighted by Crippen LogP contribution is 2.25. The summed E-state index contributed by atoms with van der Waals surface area (Å²) in [5, 5.41) is 18.2. The van der Waals surface area contributed by atoms with Gasteiger partial charge in [0, 0.05) is 13.0 Å². The van der Waals surface area contributed by atoms with Crippen molar-refractivity contribution >= 4 is 16.0 Å². The number of carboxylic acid groups (broad SMARTS) is 1. The van der Waals surface area contributed by atoms with Crippen LogP contribution >= 0.6 is 0 Å². The van der Waals surface area contributed by atoms with Crippen LogP contribution in [0.5, 0.6) is 0 Å². The van der Waals surface area contributed by atoms with E-state index in [-0.39, 0.29) is 18.0 Å². The van der Waals surface area contributed by atoms with E-state index >= 15 is 0 Å². The van der Waals surface area contributed by atoms with Gasteiger partial charge in [0.2, 0.25) is 0 Å². The molecule has 0 aliphatic carbocycles. The highest BCUT2D eigenvalue weighted by molar-refractivity contribution is 7.89. The summed E-state index contributed by atoms with van der Waals surface area (Å²) in [4.78, 5) is 17.3. The molecule has 1 unspecified atom stereocenters. The Morgan fingerprint density at radius 2 is 2.28 bits per heavy atom. The Morgan fingerprint density at radius 3 is 2.78 bits per heavy atom. The van der Waals surface area contributed by atoms with Gasteiger partial charge in [-0.05, 0) is 6.92 Å². The molecule has 1 aliphatic heterocycles. The van der Waals surface area contributed by atoms with Crippen LogP contribution in [-0.2, 0) is 14.8 Å². The quantitative estimate of drug-likeness (QED) is 0.645. The Morgan fingerprint density at radius 1 is 1.61 bits per heavy atom. The van der Waals surface area contributed by atoms with Crippen LogP contribution in [0.4, 0.5) is 0 Å². The minimum atomic E-state index is -3.97. The lowest BCUT2D eigenvalue weighted by molar-refractivity contribution is -0.140.